The maximum atomic E-state index is 13.4. The van der Waals surface area contributed by atoms with Gasteiger partial charge in [0.15, 0.2) is 0 Å². The number of aromatic carboxylic acids is 1. The third kappa shape index (κ3) is 3.91. The van der Waals surface area contributed by atoms with E-state index in [1.54, 1.807) is 12.1 Å². The Balaban J connectivity index is 2.28. The topological polar surface area (TPSA) is 86.3 Å². The Kier molecular flexibility index (Phi) is 5.23. The van der Waals surface area contributed by atoms with Gasteiger partial charge in [-0.05, 0) is 48.2 Å². The predicted molar refractivity (Wildman–Crippen MR) is 86.7 cm³/mol. The zero-order valence-electron chi connectivity index (χ0n) is 13.2. The number of carbonyl (C=O) groups is 1. The van der Waals surface area contributed by atoms with Crippen molar-refractivity contribution in [2.24, 2.45) is 0 Å². The molecular weight excluding hydrogens is 333 g/mol. The zero-order valence-corrected chi connectivity index (χ0v) is 14.1. The van der Waals surface area contributed by atoms with Crippen LogP contribution in [-0.2, 0) is 10.0 Å². The lowest BCUT2D eigenvalue weighted by molar-refractivity contribution is -0.255. The number of carboxylic acid groups (broad SMARTS) is 1. The van der Waals surface area contributed by atoms with Crippen molar-refractivity contribution >= 4 is 21.7 Å². The summed E-state index contributed by atoms with van der Waals surface area (Å²) in [4.78, 5) is 10.5. The van der Waals surface area contributed by atoms with Crippen LogP contribution in [0.2, 0.25) is 0 Å². The van der Waals surface area contributed by atoms with Gasteiger partial charge in [-0.3, -0.25) is 4.72 Å². The van der Waals surface area contributed by atoms with Crippen molar-refractivity contribution in [1.82, 2.24) is 0 Å². The van der Waals surface area contributed by atoms with Gasteiger partial charge in [0.2, 0.25) is 0 Å². The molecule has 128 valence electrons. The van der Waals surface area contributed by atoms with E-state index in [4.69, 9.17) is 0 Å². The van der Waals surface area contributed by atoms with Crippen LogP contribution in [0.1, 0.15) is 42.1 Å². The molecule has 2 aromatic rings. The van der Waals surface area contributed by atoms with Crippen LogP contribution < -0.4 is 9.83 Å². The van der Waals surface area contributed by atoms with Gasteiger partial charge in [0.1, 0.15) is 5.82 Å². The van der Waals surface area contributed by atoms with Crippen LogP contribution in [0.15, 0.2) is 47.4 Å². The molecule has 0 heterocycles. The van der Waals surface area contributed by atoms with Crippen molar-refractivity contribution in [2.75, 3.05) is 4.72 Å². The van der Waals surface area contributed by atoms with Gasteiger partial charge in [-0.1, -0.05) is 26.0 Å². The molecule has 0 aromatic heterocycles. The molecular formula is C17H17FNO4S-. The summed E-state index contributed by atoms with van der Waals surface area (Å²) in [7, 11) is -4.03. The van der Waals surface area contributed by atoms with Gasteiger partial charge in [-0.25, -0.2) is 12.8 Å². The van der Waals surface area contributed by atoms with Crippen LogP contribution in [0.25, 0.3) is 0 Å². The first-order valence-electron chi connectivity index (χ1n) is 7.38. The summed E-state index contributed by atoms with van der Waals surface area (Å²) in [5.74, 6) is -2.47. The summed E-state index contributed by atoms with van der Waals surface area (Å²) in [5.41, 5.74) is 0.618. The van der Waals surface area contributed by atoms with E-state index in [-0.39, 0.29) is 4.90 Å². The molecule has 0 bridgehead atoms. The summed E-state index contributed by atoms with van der Waals surface area (Å²) in [6.07, 6.45) is 0.965. The van der Waals surface area contributed by atoms with Crippen molar-refractivity contribution in [3.8, 4) is 0 Å². The maximum absolute atomic E-state index is 13.4. The van der Waals surface area contributed by atoms with E-state index in [0.717, 1.165) is 30.2 Å². The molecule has 0 aliphatic rings. The summed E-state index contributed by atoms with van der Waals surface area (Å²) >= 11 is 0. The molecule has 0 spiro atoms. The number of anilines is 1. The fraction of sp³-hybridized carbons (Fsp3) is 0.235. The standard InChI is InChI=1S/C17H18FNO4S/c1-3-11(2)12-4-6-13(7-5-12)19-24(22,23)14-8-9-16(18)15(10-14)17(20)21/h4-11,19H,3H2,1-2H3,(H,20,21)/p-1/t11-/m1/s1. The van der Waals surface area contributed by atoms with E-state index in [1.165, 1.54) is 0 Å². The Morgan fingerprint density at radius 2 is 1.83 bits per heavy atom. The molecule has 0 unspecified atom stereocenters. The van der Waals surface area contributed by atoms with E-state index in [9.17, 15) is 22.7 Å². The lowest BCUT2D eigenvalue weighted by atomic mass is 9.99. The molecule has 2 aromatic carbocycles. The molecule has 7 heteroatoms. The van der Waals surface area contributed by atoms with Gasteiger partial charge >= 0.3 is 0 Å². The Hall–Kier alpha value is -2.41. The van der Waals surface area contributed by atoms with E-state index in [0.29, 0.717) is 11.6 Å². The first-order chi connectivity index (χ1) is 11.2. The van der Waals surface area contributed by atoms with Gasteiger partial charge in [0, 0.05) is 11.3 Å². The minimum atomic E-state index is -4.03. The fourth-order valence-corrected chi connectivity index (χ4v) is 3.24. The van der Waals surface area contributed by atoms with Gasteiger partial charge < -0.3 is 9.90 Å². The fourth-order valence-electron chi connectivity index (χ4n) is 2.16. The van der Waals surface area contributed by atoms with Crippen LogP contribution in [0.5, 0.6) is 0 Å². The molecule has 2 rings (SSSR count). The minimum absolute atomic E-state index is 0.335. The number of carbonyl (C=O) groups excluding carboxylic acids is 1. The molecule has 0 radical (unpaired) electrons. The highest BCUT2D eigenvalue weighted by Crippen LogP contribution is 2.23. The molecule has 1 N–H and O–H groups in total. The Labute approximate surface area is 140 Å². The van der Waals surface area contributed by atoms with Crippen LogP contribution >= 0.6 is 0 Å². The van der Waals surface area contributed by atoms with Crippen LogP contribution in [0, 0.1) is 5.82 Å². The van der Waals surface area contributed by atoms with Crippen LogP contribution in [0.3, 0.4) is 0 Å². The summed E-state index contributed by atoms with van der Waals surface area (Å²) in [5, 5.41) is 10.8. The number of rotatable bonds is 6. The number of benzene rings is 2. The van der Waals surface area contributed by atoms with Crippen molar-refractivity contribution in [1.29, 1.82) is 0 Å². The summed E-state index contributed by atoms with van der Waals surface area (Å²) in [6.45, 7) is 4.13. The maximum Gasteiger partial charge on any atom is 0.261 e. The second-order valence-corrected chi connectivity index (χ2v) is 7.15. The van der Waals surface area contributed by atoms with Gasteiger partial charge in [0.05, 0.1) is 10.9 Å². The molecule has 0 saturated carbocycles. The molecule has 24 heavy (non-hydrogen) atoms. The number of halogens is 1. The molecule has 0 amide bonds. The number of nitrogens with one attached hydrogen (secondary N) is 1. The number of hydrogen-bond donors (Lipinski definition) is 1. The third-order valence-corrected chi connectivity index (χ3v) is 5.19. The van der Waals surface area contributed by atoms with Crippen LogP contribution in [0.4, 0.5) is 10.1 Å². The van der Waals surface area contributed by atoms with E-state index >= 15 is 0 Å². The van der Waals surface area contributed by atoms with E-state index in [2.05, 4.69) is 18.6 Å². The van der Waals surface area contributed by atoms with E-state index in [1.807, 2.05) is 12.1 Å². The lowest BCUT2D eigenvalue weighted by Crippen LogP contribution is -2.24. The molecule has 0 saturated heterocycles. The average molecular weight is 350 g/mol. The van der Waals surface area contributed by atoms with Gasteiger partial charge in [0.25, 0.3) is 10.0 Å². The quantitative estimate of drug-likeness (QED) is 0.867. The van der Waals surface area contributed by atoms with Crippen molar-refractivity contribution in [3.05, 3.63) is 59.4 Å². The van der Waals surface area contributed by atoms with Gasteiger partial charge in [-0.2, -0.15) is 0 Å². The summed E-state index contributed by atoms with van der Waals surface area (Å²) < 4.78 is 40.3. The second kappa shape index (κ2) is 7.00. The van der Waals surface area contributed by atoms with Gasteiger partial charge in [-0.15, -0.1) is 0 Å². The average Bonchev–Trinajstić information content (AvgIpc) is 2.54. The Morgan fingerprint density at radius 1 is 1.21 bits per heavy atom. The predicted octanol–water partition coefficient (Wildman–Crippen LogP) is 2.50. The molecule has 1 atom stereocenters. The monoisotopic (exact) mass is 350 g/mol. The molecule has 5 nitrogen and oxygen atoms in total. The van der Waals surface area contributed by atoms with Crippen molar-refractivity contribution < 1.29 is 22.7 Å². The SMILES string of the molecule is CC[C@@H](C)c1ccc(NS(=O)(=O)c2ccc(F)c(C(=O)[O-])c2)cc1. The molecule has 0 aliphatic carbocycles. The molecule has 0 aliphatic heterocycles. The molecule has 0 fully saturated rings. The lowest BCUT2D eigenvalue weighted by Gasteiger charge is -2.12. The highest BCUT2D eigenvalue weighted by atomic mass is 32.2. The number of carboxylic acids is 1. The van der Waals surface area contributed by atoms with Crippen LogP contribution in [-0.4, -0.2) is 14.4 Å². The second-order valence-electron chi connectivity index (χ2n) is 5.47. The number of sulfonamides is 1. The first kappa shape index (κ1) is 17.9. The summed E-state index contributed by atoms with van der Waals surface area (Å²) in [6, 6.07) is 9.42. The van der Waals surface area contributed by atoms with E-state index < -0.39 is 27.4 Å². The highest BCUT2D eigenvalue weighted by molar-refractivity contribution is 7.92. The first-order valence-corrected chi connectivity index (χ1v) is 8.86. The minimum Gasteiger partial charge on any atom is -0.545 e. The smallest absolute Gasteiger partial charge is 0.261 e. The largest absolute Gasteiger partial charge is 0.545 e. The Bertz CT molecular complexity index is 847. The zero-order chi connectivity index (χ0) is 17.9. The number of hydrogen-bond acceptors (Lipinski definition) is 4. The van der Waals surface area contributed by atoms with Crippen molar-refractivity contribution in [3.63, 3.8) is 0 Å². The normalized spacial score (nSPS) is 12.6. The third-order valence-electron chi connectivity index (χ3n) is 3.81. The van der Waals surface area contributed by atoms with Crippen molar-refractivity contribution in [2.45, 2.75) is 31.1 Å². The highest BCUT2D eigenvalue weighted by Gasteiger charge is 2.17. The Morgan fingerprint density at radius 3 is 2.38 bits per heavy atom.